The number of piperidine rings is 1. The molecule has 3 N–H and O–H groups in total. The first-order chi connectivity index (χ1) is 18.3. The molecule has 1 amide bonds. The molecule has 5 fully saturated rings. The molecule has 2 aromatic rings. The Kier molecular flexibility index (Phi) is 5.29. The third-order valence-electron chi connectivity index (χ3n) is 11.3. The molecule has 2 bridgehead atoms. The van der Waals surface area contributed by atoms with E-state index in [-0.39, 0.29) is 28.3 Å². The summed E-state index contributed by atoms with van der Waals surface area (Å²) in [5.41, 5.74) is 1.37. The summed E-state index contributed by atoms with van der Waals surface area (Å²) in [4.78, 5) is 47.3. The molecule has 38 heavy (non-hydrogen) atoms. The molecule has 6 atom stereocenters. The molecule has 1 aromatic carbocycles. The molecule has 2 saturated heterocycles. The van der Waals surface area contributed by atoms with Crippen molar-refractivity contribution in [2.24, 2.45) is 23.2 Å². The van der Waals surface area contributed by atoms with Gasteiger partial charge in [-0.05, 0) is 105 Å². The van der Waals surface area contributed by atoms with E-state index in [0.717, 1.165) is 44.6 Å². The first-order valence-electron chi connectivity index (χ1n) is 14.5. The van der Waals surface area contributed by atoms with Crippen molar-refractivity contribution < 1.29 is 9.90 Å². The summed E-state index contributed by atoms with van der Waals surface area (Å²) in [6.07, 6.45) is 8.95. The second-order valence-electron chi connectivity index (χ2n) is 12.7. The van der Waals surface area contributed by atoms with Crippen LogP contribution < -0.4 is 11.2 Å². The average molecular weight is 519 g/mol. The summed E-state index contributed by atoms with van der Waals surface area (Å²) in [7, 11) is 0. The lowest BCUT2D eigenvalue weighted by molar-refractivity contribution is -0.0870. The molecule has 5 aliphatic rings. The van der Waals surface area contributed by atoms with Gasteiger partial charge < -0.3 is 15.0 Å². The van der Waals surface area contributed by atoms with E-state index in [9.17, 15) is 19.5 Å². The summed E-state index contributed by atoms with van der Waals surface area (Å²) in [5, 5.41) is 10.7. The Morgan fingerprint density at radius 2 is 2.00 bits per heavy atom. The van der Waals surface area contributed by atoms with Gasteiger partial charge in [0.15, 0.2) is 0 Å². The van der Waals surface area contributed by atoms with E-state index in [2.05, 4.69) is 34.8 Å². The monoisotopic (exact) mass is 518 g/mol. The lowest BCUT2D eigenvalue weighted by Crippen LogP contribution is -2.66. The quantitative estimate of drug-likeness (QED) is 0.564. The van der Waals surface area contributed by atoms with E-state index >= 15 is 0 Å². The fourth-order valence-electron chi connectivity index (χ4n) is 9.72. The molecule has 3 saturated carbocycles. The van der Waals surface area contributed by atoms with Crippen LogP contribution >= 0.6 is 0 Å². The van der Waals surface area contributed by atoms with Crippen LogP contribution in [0.5, 0.6) is 5.75 Å². The Labute approximate surface area is 222 Å². The standard InChI is InChI=1S/C30H38N4O4/c1-3-19-6-7-21(35)12-23(19)30-10-11-33(15-18-4-5-18)17(2)29(30)9-8-24-25(30)20(13-29)16-34(24)27(37)22-14-31-28(38)32-26(22)36/h6-7,12,14,17-18,20,24-25,35H,3-5,8-11,13,15-16H2,1-2H3,(H2,31,32,36,38)/t17?,20-,24?,25?,29?,30?/m1/s1. The highest BCUT2D eigenvalue weighted by atomic mass is 16.3. The maximum Gasteiger partial charge on any atom is 0.325 e. The second kappa shape index (κ2) is 8.31. The molecule has 202 valence electrons. The number of rotatable bonds is 5. The number of benzene rings is 1. The van der Waals surface area contributed by atoms with Crippen molar-refractivity contribution in [1.29, 1.82) is 0 Å². The number of hydrogen-bond donors (Lipinski definition) is 3. The van der Waals surface area contributed by atoms with Crippen LogP contribution in [0.3, 0.4) is 0 Å². The van der Waals surface area contributed by atoms with E-state index in [1.165, 1.54) is 36.7 Å². The van der Waals surface area contributed by atoms with Gasteiger partial charge in [-0.25, -0.2) is 4.79 Å². The zero-order valence-electron chi connectivity index (χ0n) is 22.3. The molecule has 8 nitrogen and oxygen atoms in total. The van der Waals surface area contributed by atoms with Crippen molar-refractivity contribution in [3.63, 3.8) is 0 Å². The number of likely N-dealkylation sites (tertiary alicyclic amines) is 2. The molecule has 1 aromatic heterocycles. The fourth-order valence-corrected chi connectivity index (χ4v) is 9.72. The van der Waals surface area contributed by atoms with Gasteiger partial charge >= 0.3 is 5.69 Å². The van der Waals surface area contributed by atoms with E-state index in [0.29, 0.717) is 30.2 Å². The molecule has 0 radical (unpaired) electrons. The van der Waals surface area contributed by atoms with Gasteiger partial charge in [0, 0.05) is 36.8 Å². The molecule has 8 heteroatoms. The summed E-state index contributed by atoms with van der Waals surface area (Å²) in [6, 6.07) is 6.45. The Morgan fingerprint density at radius 1 is 1.18 bits per heavy atom. The van der Waals surface area contributed by atoms with Crippen LogP contribution in [0.2, 0.25) is 0 Å². The Bertz CT molecular complexity index is 1410. The highest BCUT2D eigenvalue weighted by Crippen LogP contribution is 2.73. The summed E-state index contributed by atoms with van der Waals surface area (Å²) < 4.78 is 0. The van der Waals surface area contributed by atoms with Gasteiger partial charge in [-0.3, -0.25) is 19.5 Å². The van der Waals surface area contributed by atoms with E-state index < -0.39 is 11.2 Å². The van der Waals surface area contributed by atoms with Crippen molar-refractivity contribution in [2.75, 3.05) is 19.6 Å². The number of phenols is 1. The van der Waals surface area contributed by atoms with Gasteiger partial charge in [0.1, 0.15) is 11.3 Å². The van der Waals surface area contributed by atoms with Crippen LogP contribution in [0.1, 0.15) is 73.9 Å². The van der Waals surface area contributed by atoms with Crippen LogP contribution in [-0.4, -0.2) is 62.5 Å². The summed E-state index contributed by atoms with van der Waals surface area (Å²) >= 11 is 0. The van der Waals surface area contributed by atoms with Crippen LogP contribution in [0.4, 0.5) is 0 Å². The number of H-pyrrole nitrogens is 2. The number of hydrogen-bond acceptors (Lipinski definition) is 5. The van der Waals surface area contributed by atoms with Crippen molar-refractivity contribution in [2.45, 2.75) is 76.3 Å². The topological polar surface area (TPSA) is 110 Å². The zero-order chi connectivity index (χ0) is 26.4. The number of carbonyl (C=O) groups is 1. The van der Waals surface area contributed by atoms with Crippen molar-refractivity contribution >= 4 is 5.91 Å². The third-order valence-corrected chi connectivity index (χ3v) is 11.3. The first kappa shape index (κ1) is 24.2. The number of nitrogens with zero attached hydrogens (tertiary/aromatic N) is 2. The summed E-state index contributed by atoms with van der Waals surface area (Å²) in [5.74, 6) is 1.52. The van der Waals surface area contributed by atoms with Crippen LogP contribution in [0, 0.1) is 23.2 Å². The zero-order valence-corrected chi connectivity index (χ0v) is 22.3. The maximum absolute atomic E-state index is 13.8. The van der Waals surface area contributed by atoms with Crippen LogP contribution in [0.15, 0.2) is 34.0 Å². The number of carbonyl (C=O) groups excluding carboxylic acids is 1. The van der Waals surface area contributed by atoms with Crippen LogP contribution in [-0.2, 0) is 11.8 Å². The lowest BCUT2D eigenvalue weighted by Gasteiger charge is -2.63. The minimum Gasteiger partial charge on any atom is -0.508 e. The molecule has 3 heterocycles. The van der Waals surface area contributed by atoms with Gasteiger partial charge in [0.25, 0.3) is 11.5 Å². The number of aromatic nitrogens is 2. The number of amides is 1. The van der Waals surface area contributed by atoms with Gasteiger partial charge in [0.05, 0.1) is 0 Å². The van der Waals surface area contributed by atoms with E-state index in [4.69, 9.17) is 0 Å². The SMILES string of the molecule is CCc1ccc(O)cc1C12CCN(CC3CC3)C(C)C13CCC1C2[C@@H](CN1C(=O)c1c[nH]c(=O)[nH]c1=O)C3. The third kappa shape index (κ3) is 3.15. The van der Waals surface area contributed by atoms with Gasteiger partial charge in [0.2, 0.25) is 0 Å². The minimum absolute atomic E-state index is 0.00897. The smallest absolute Gasteiger partial charge is 0.325 e. The maximum atomic E-state index is 13.8. The molecular formula is C30H38N4O4. The molecule has 7 rings (SSSR count). The van der Waals surface area contributed by atoms with Crippen molar-refractivity contribution in [1.82, 2.24) is 19.8 Å². The van der Waals surface area contributed by atoms with Gasteiger partial charge in [-0.1, -0.05) is 13.0 Å². The average Bonchev–Trinajstić information content (AvgIpc) is 3.60. The number of aromatic hydroxyl groups is 1. The highest BCUT2D eigenvalue weighted by molar-refractivity contribution is 5.94. The first-order valence-corrected chi connectivity index (χ1v) is 14.5. The molecule has 5 unspecified atom stereocenters. The summed E-state index contributed by atoms with van der Waals surface area (Å²) in [6.45, 7) is 7.53. The van der Waals surface area contributed by atoms with Crippen molar-refractivity contribution in [3.8, 4) is 5.75 Å². The molecular weight excluding hydrogens is 480 g/mol. The largest absolute Gasteiger partial charge is 0.508 e. The number of phenolic OH excluding ortho intramolecular Hbond substituents is 1. The normalized spacial score (nSPS) is 35.9. The molecule has 3 aliphatic carbocycles. The second-order valence-corrected chi connectivity index (χ2v) is 12.7. The fraction of sp³-hybridized carbons (Fsp3) is 0.633. The number of nitrogens with one attached hydrogen (secondary N) is 2. The lowest BCUT2D eigenvalue weighted by atomic mass is 9.46. The van der Waals surface area contributed by atoms with Crippen molar-refractivity contribution in [3.05, 3.63) is 61.9 Å². The molecule has 2 aliphatic heterocycles. The predicted octanol–water partition coefficient (Wildman–Crippen LogP) is 3.01. The van der Waals surface area contributed by atoms with Gasteiger partial charge in [-0.2, -0.15) is 0 Å². The van der Waals surface area contributed by atoms with E-state index in [1.54, 1.807) is 0 Å². The Hall–Kier alpha value is -2.87. The Morgan fingerprint density at radius 3 is 2.74 bits per heavy atom. The minimum atomic E-state index is -0.626. The van der Waals surface area contributed by atoms with Crippen LogP contribution in [0.25, 0.3) is 0 Å². The predicted molar refractivity (Wildman–Crippen MR) is 143 cm³/mol. The Balaban J connectivity index is 1.35. The highest BCUT2D eigenvalue weighted by Gasteiger charge is 2.74. The number of aryl methyl sites for hydroxylation is 1. The number of aromatic amines is 2. The van der Waals surface area contributed by atoms with Gasteiger partial charge in [-0.15, -0.1) is 0 Å². The van der Waals surface area contributed by atoms with E-state index in [1.807, 2.05) is 17.0 Å². The molecule has 0 spiro atoms.